The van der Waals surface area contributed by atoms with Gasteiger partial charge in [0.2, 0.25) is 29.4 Å². The van der Waals surface area contributed by atoms with Crippen LogP contribution < -0.4 is 21.3 Å². The molecule has 320 valence electrons. The first-order valence-electron chi connectivity index (χ1n) is 22.3. The van der Waals surface area contributed by atoms with Gasteiger partial charge in [0.25, 0.3) is 5.91 Å². The highest BCUT2D eigenvalue weighted by atomic mass is 16.2. The molecule has 4 saturated carbocycles. The van der Waals surface area contributed by atoms with Crippen molar-refractivity contribution in [2.24, 2.45) is 27.6 Å². The molecule has 2 heterocycles. The number of hydrogen-bond donors (Lipinski definition) is 4. The lowest BCUT2D eigenvalue weighted by Gasteiger charge is -2.41. The number of piperazine rings is 1. The number of likely N-dealkylation sites (tertiary alicyclic amines) is 1. The Morgan fingerprint density at radius 3 is 2.00 bits per heavy atom. The normalized spacial score (nSPS) is 29.0. The number of ketones is 1. The third-order valence-electron chi connectivity index (χ3n) is 15.6. The van der Waals surface area contributed by atoms with E-state index in [4.69, 9.17) is 0 Å². The summed E-state index contributed by atoms with van der Waals surface area (Å²) in [7, 11) is 1.96. The molecule has 0 aromatic carbocycles. The van der Waals surface area contributed by atoms with E-state index in [2.05, 4.69) is 58.8 Å². The highest BCUT2D eigenvalue weighted by Gasteiger charge is 2.85. The van der Waals surface area contributed by atoms with Gasteiger partial charge in [0.1, 0.15) is 24.2 Å². The highest BCUT2D eigenvalue weighted by molar-refractivity contribution is 6.38. The van der Waals surface area contributed by atoms with Crippen LogP contribution in [-0.2, 0) is 28.8 Å². The minimum absolute atomic E-state index is 0.0115. The van der Waals surface area contributed by atoms with E-state index in [1.165, 1.54) is 0 Å². The summed E-state index contributed by atoms with van der Waals surface area (Å²) in [4.78, 5) is 90.7. The number of carbonyl (C=O) groups is 6. The second-order valence-corrected chi connectivity index (χ2v) is 20.6. The molecule has 0 aromatic heterocycles. The number of carbonyl (C=O) groups excluding carboxylic acids is 6. The summed E-state index contributed by atoms with van der Waals surface area (Å²) in [6, 6.07) is -3.73. The number of amides is 5. The summed E-state index contributed by atoms with van der Waals surface area (Å²) >= 11 is 0. The van der Waals surface area contributed by atoms with Gasteiger partial charge in [-0.25, -0.2) is 0 Å². The Balaban J connectivity index is 1.25. The molecule has 4 N–H and O–H groups in total. The van der Waals surface area contributed by atoms with Gasteiger partial charge in [-0.1, -0.05) is 73.6 Å². The van der Waals surface area contributed by atoms with Crippen LogP contribution in [0.1, 0.15) is 139 Å². The van der Waals surface area contributed by atoms with Crippen LogP contribution in [0, 0.1) is 27.6 Å². The molecular weight excluding hydrogens is 723 g/mol. The fourth-order valence-corrected chi connectivity index (χ4v) is 11.3. The van der Waals surface area contributed by atoms with E-state index in [0.29, 0.717) is 38.4 Å². The molecule has 4 aliphatic carbocycles. The molecule has 6 fully saturated rings. The molecule has 0 radical (unpaired) electrons. The quantitative estimate of drug-likeness (QED) is 0.195. The summed E-state index contributed by atoms with van der Waals surface area (Å²) in [6.45, 7) is 19.0. The van der Waals surface area contributed by atoms with E-state index in [1.54, 1.807) is 4.90 Å². The van der Waals surface area contributed by atoms with Gasteiger partial charge < -0.3 is 26.2 Å². The van der Waals surface area contributed by atoms with Crippen LogP contribution in [0.5, 0.6) is 0 Å². The predicted octanol–water partition coefficient (Wildman–Crippen LogP) is 3.54. The van der Waals surface area contributed by atoms with Gasteiger partial charge in [0.15, 0.2) is 0 Å². The Kier molecular flexibility index (Phi) is 12.6. The van der Waals surface area contributed by atoms with E-state index >= 15 is 4.79 Å². The summed E-state index contributed by atoms with van der Waals surface area (Å²) < 4.78 is 0. The zero-order valence-electron chi connectivity index (χ0n) is 36.4. The van der Waals surface area contributed by atoms with Gasteiger partial charge in [0.05, 0.1) is 6.04 Å². The topological polar surface area (TPSA) is 160 Å². The monoisotopic (exact) mass is 796 g/mol. The third-order valence-corrected chi connectivity index (χ3v) is 15.6. The SMILES string of the molecule is CCC[C@H](NC(=O)[C@@H]1C[C@@]2(CN1C(=O)[C@@H](NC(=O)[C@@H](NC(=O)[C@@H]1CN(C(C)C)CCN1C)C1CCCCC1)C(C)(C)C)C(C)(C)C21CCC1)C(=O)C(=O)NC1CC1. The van der Waals surface area contributed by atoms with Crippen molar-refractivity contribution >= 4 is 35.3 Å². The molecule has 6 atom stereocenters. The summed E-state index contributed by atoms with van der Waals surface area (Å²) in [5.41, 5.74) is -1.07. The molecule has 2 saturated heterocycles. The second-order valence-electron chi connectivity index (χ2n) is 20.6. The Morgan fingerprint density at radius 2 is 1.46 bits per heavy atom. The molecule has 6 rings (SSSR count). The fourth-order valence-electron chi connectivity index (χ4n) is 11.3. The molecule has 6 aliphatic rings. The largest absolute Gasteiger partial charge is 0.347 e. The number of hydrogen-bond acceptors (Lipinski definition) is 8. The predicted molar refractivity (Wildman–Crippen MR) is 219 cm³/mol. The van der Waals surface area contributed by atoms with E-state index in [1.807, 2.05) is 34.7 Å². The van der Waals surface area contributed by atoms with Crippen LogP contribution in [0.4, 0.5) is 0 Å². The molecule has 57 heavy (non-hydrogen) atoms. The zero-order valence-corrected chi connectivity index (χ0v) is 36.4. The number of nitrogens with zero attached hydrogens (tertiary/aromatic N) is 3. The lowest BCUT2D eigenvalue weighted by Crippen LogP contribution is -2.64. The molecule has 2 aliphatic heterocycles. The average molecular weight is 796 g/mol. The van der Waals surface area contributed by atoms with Crippen LogP contribution in [-0.4, -0.2) is 126 Å². The van der Waals surface area contributed by atoms with E-state index in [9.17, 15) is 24.0 Å². The van der Waals surface area contributed by atoms with Gasteiger partial charge in [-0.3, -0.25) is 38.6 Å². The molecule has 5 amide bonds. The molecule has 2 spiro atoms. The van der Waals surface area contributed by atoms with Crippen LogP contribution in [0.2, 0.25) is 0 Å². The molecule has 13 nitrogen and oxygen atoms in total. The number of Topliss-reactive ketones (excluding diaryl/α,β-unsaturated/α-hetero) is 1. The first-order chi connectivity index (χ1) is 26.8. The Hall–Kier alpha value is -3.06. The molecule has 0 unspecified atom stereocenters. The minimum atomic E-state index is -0.992. The third kappa shape index (κ3) is 8.26. The van der Waals surface area contributed by atoms with Crippen LogP contribution in [0.3, 0.4) is 0 Å². The lowest BCUT2D eigenvalue weighted by molar-refractivity contribution is -0.146. The standard InChI is InChI=1S/C44H73N7O6/c1-10-15-30(34(52)39(56)45-29-18-19-29)46-36(53)31-24-44(42(7,8)43(44)20-14-21-43)26-51(31)40(57)35(41(4,5)6)48-38(55)33(28-16-12-11-13-17-28)47-37(54)32-25-50(27(2)3)23-22-49(32)9/h27-33,35H,10-26H2,1-9H3,(H,45,56)(H,46,53)(H,47,54)(H,48,55)/t30-,31-,32-,33-,35+,44+/m0/s1. The summed E-state index contributed by atoms with van der Waals surface area (Å²) in [5, 5.41) is 12.1. The van der Waals surface area contributed by atoms with E-state index < -0.39 is 53.2 Å². The van der Waals surface area contributed by atoms with Gasteiger partial charge in [0, 0.05) is 43.7 Å². The number of fused-ring (bicyclic) bond motifs is 1. The maximum Gasteiger partial charge on any atom is 0.289 e. The van der Waals surface area contributed by atoms with Crippen molar-refractivity contribution in [3.05, 3.63) is 0 Å². The van der Waals surface area contributed by atoms with Crippen molar-refractivity contribution in [1.82, 2.24) is 36.0 Å². The van der Waals surface area contributed by atoms with Crippen molar-refractivity contribution in [3.63, 3.8) is 0 Å². The fraction of sp³-hybridized carbons (Fsp3) is 0.864. The molecule has 0 aromatic rings. The maximum atomic E-state index is 15.2. The van der Waals surface area contributed by atoms with Crippen molar-refractivity contribution in [2.45, 2.75) is 181 Å². The number of nitrogens with one attached hydrogen (secondary N) is 4. The average Bonchev–Trinajstić information content (AvgIpc) is 3.97. The van der Waals surface area contributed by atoms with Crippen molar-refractivity contribution in [2.75, 3.05) is 33.2 Å². The Morgan fingerprint density at radius 1 is 0.807 bits per heavy atom. The highest BCUT2D eigenvalue weighted by Crippen LogP contribution is 2.88. The smallest absolute Gasteiger partial charge is 0.289 e. The van der Waals surface area contributed by atoms with E-state index in [-0.39, 0.29) is 45.9 Å². The van der Waals surface area contributed by atoms with Crippen LogP contribution in [0.25, 0.3) is 0 Å². The van der Waals surface area contributed by atoms with Gasteiger partial charge >= 0.3 is 0 Å². The minimum Gasteiger partial charge on any atom is -0.347 e. The first kappa shape index (κ1) is 43.5. The van der Waals surface area contributed by atoms with E-state index in [0.717, 1.165) is 77.3 Å². The van der Waals surface area contributed by atoms with Gasteiger partial charge in [-0.05, 0) is 94.4 Å². The number of likely N-dealkylation sites (N-methyl/N-ethyl adjacent to an activating group) is 1. The Bertz CT molecular complexity index is 1560. The van der Waals surface area contributed by atoms with Crippen LogP contribution >= 0.6 is 0 Å². The summed E-state index contributed by atoms with van der Waals surface area (Å²) in [5.74, 6) is -2.68. The van der Waals surface area contributed by atoms with Crippen molar-refractivity contribution in [3.8, 4) is 0 Å². The lowest BCUT2D eigenvalue weighted by atomic mass is 9.73. The van der Waals surface area contributed by atoms with Gasteiger partial charge in [-0.2, -0.15) is 0 Å². The zero-order chi connectivity index (χ0) is 41.7. The molecule has 0 bridgehead atoms. The maximum absolute atomic E-state index is 15.2. The van der Waals surface area contributed by atoms with Gasteiger partial charge in [-0.15, -0.1) is 0 Å². The van der Waals surface area contributed by atoms with Crippen molar-refractivity contribution < 1.29 is 28.8 Å². The summed E-state index contributed by atoms with van der Waals surface area (Å²) in [6.07, 6.45) is 10.9. The Labute approximate surface area is 341 Å². The number of rotatable bonds is 14. The van der Waals surface area contributed by atoms with Crippen molar-refractivity contribution in [1.29, 1.82) is 0 Å². The molecular formula is C44H73N7O6. The first-order valence-corrected chi connectivity index (χ1v) is 22.3. The van der Waals surface area contributed by atoms with Crippen LogP contribution in [0.15, 0.2) is 0 Å². The molecule has 13 heteroatoms. The second kappa shape index (κ2) is 16.5.